The Morgan fingerprint density at radius 1 is 1.00 bits per heavy atom. The molecule has 22 heavy (non-hydrogen) atoms. The maximum absolute atomic E-state index is 3.78. The van der Waals surface area contributed by atoms with Crippen LogP contribution in [0.15, 0.2) is 54.6 Å². The van der Waals surface area contributed by atoms with Crippen molar-refractivity contribution in [2.75, 3.05) is 5.32 Å². The summed E-state index contributed by atoms with van der Waals surface area (Å²) in [7, 11) is 0. The van der Waals surface area contributed by atoms with Crippen LogP contribution in [0, 0.1) is 29.1 Å². The number of para-hydroxylation sites is 1. The monoisotopic (exact) mass is 293 g/mol. The standard InChI is InChI=1S/C21H27N/c1-21(2)19-11-7-6-10-17(19)18-13-12-16(14-20(18)21)22-15-8-4-3-5-9-15/h3-11,16-20,22H,12-14H2,1-2H3. The number of allylic oxidation sites excluding steroid dienone is 4. The first-order valence-electron chi connectivity index (χ1n) is 8.83. The van der Waals surface area contributed by atoms with E-state index in [9.17, 15) is 0 Å². The lowest BCUT2D eigenvalue weighted by atomic mass is 9.68. The van der Waals surface area contributed by atoms with Crippen LogP contribution in [-0.2, 0) is 0 Å². The second-order valence-corrected chi connectivity index (χ2v) is 7.98. The number of fused-ring (bicyclic) bond motifs is 3. The Morgan fingerprint density at radius 2 is 1.77 bits per heavy atom. The van der Waals surface area contributed by atoms with E-state index in [-0.39, 0.29) is 0 Å². The van der Waals surface area contributed by atoms with Crippen molar-refractivity contribution in [1.82, 2.24) is 0 Å². The molecule has 1 heteroatoms. The lowest BCUT2D eigenvalue weighted by Crippen LogP contribution is -2.36. The molecule has 1 nitrogen and oxygen atoms in total. The van der Waals surface area contributed by atoms with Crippen molar-refractivity contribution in [3.63, 3.8) is 0 Å². The predicted molar refractivity (Wildman–Crippen MR) is 93.7 cm³/mol. The van der Waals surface area contributed by atoms with Gasteiger partial charge in [0.05, 0.1) is 0 Å². The van der Waals surface area contributed by atoms with Gasteiger partial charge in [0.15, 0.2) is 0 Å². The van der Waals surface area contributed by atoms with Crippen LogP contribution in [0.4, 0.5) is 5.69 Å². The van der Waals surface area contributed by atoms with Gasteiger partial charge in [0.2, 0.25) is 0 Å². The molecular formula is C21H27N. The minimum absolute atomic E-state index is 0.424. The van der Waals surface area contributed by atoms with Gasteiger partial charge in [-0.3, -0.25) is 0 Å². The number of hydrogen-bond donors (Lipinski definition) is 1. The zero-order valence-electron chi connectivity index (χ0n) is 13.7. The van der Waals surface area contributed by atoms with Crippen LogP contribution in [0.1, 0.15) is 33.1 Å². The van der Waals surface area contributed by atoms with Gasteiger partial charge in [-0.15, -0.1) is 0 Å². The maximum atomic E-state index is 3.78. The summed E-state index contributed by atoms with van der Waals surface area (Å²) in [4.78, 5) is 0. The fourth-order valence-electron chi connectivity index (χ4n) is 5.44. The molecule has 3 aliphatic rings. The van der Waals surface area contributed by atoms with Crippen LogP contribution in [-0.4, -0.2) is 6.04 Å². The zero-order chi connectivity index (χ0) is 15.2. The average Bonchev–Trinajstić information content (AvgIpc) is 2.77. The fraction of sp³-hybridized carbons (Fsp3) is 0.524. The van der Waals surface area contributed by atoms with Crippen molar-refractivity contribution >= 4 is 5.69 Å². The molecule has 5 unspecified atom stereocenters. The smallest absolute Gasteiger partial charge is 0.0342 e. The maximum Gasteiger partial charge on any atom is 0.0342 e. The minimum Gasteiger partial charge on any atom is -0.382 e. The predicted octanol–water partition coefficient (Wildman–Crippen LogP) is 5.28. The van der Waals surface area contributed by atoms with E-state index in [1.54, 1.807) is 0 Å². The first-order chi connectivity index (χ1) is 10.7. The molecule has 2 saturated carbocycles. The second-order valence-electron chi connectivity index (χ2n) is 7.98. The molecule has 2 fully saturated rings. The van der Waals surface area contributed by atoms with Crippen molar-refractivity contribution < 1.29 is 0 Å². The van der Waals surface area contributed by atoms with E-state index in [4.69, 9.17) is 0 Å². The number of rotatable bonds is 2. The van der Waals surface area contributed by atoms with Gasteiger partial charge in [-0.25, -0.2) is 0 Å². The van der Waals surface area contributed by atoms with Gasteiger partial charge in [0.25, 0.3) is 0 Å². The van der Waals surface area contributed by atoms with E-state index in [0.717, 1.165) is 23.7 Å². The summed E-state index contributed by atoms with van der Waals surface area (Å²) in [6.07, 6.45) is 13.5. The van der Waals surface area contributed by atoms with E-state index in [1.165, 1.54) is 24.9 Å². The van der Waals surface area contributed by atoms with Crippen LogP contribution in [0.3, 0.4) is 0 Å². The molecule has 4 rings (SSSR count). The summed E-state index contributed by atoms with van der Waals surface area (Å²) >= 11 is 0. The van der Waals surface area contributed by atoms with Crippen LogP contribution in [0.25, 0.3) is 0 Å². The van der Waals surface area contributed by atoms with Crippen LogP contribution in [0.5, 0.6) is 0 Å². The summed E-state index contributed by atoms with van der Waals surface area (Å²) in [5.74, 6) is 3.24. The highest BCUT2D eigenvalue weighted by Gasteiger charge is 2.54. The van der Waals surface area contributed by atoms with Crippen molar-refractivity contribution in [3.8, 4) is 0 Å². The normalized spacial score (nSPS) is 38.4. The van der Waals surface area contributed by atoms with E-state index in [1.807, 2.05) is 0 Å². The molecule has 3 aliphatic carbocycles. The molecule has 0 radical (unpaired) electrons. The van der Waals surface area contributed by atoms with E-state index < -0.39 is 0 Å². The third-order valence-electron chi connectivity index (χ3n) is 6.54. The highest BCUT2D eigenvalue weighted by molar-refractivity contribution is 5.43. The Balaban J connectivity index is 1.53. The third-order valence-corrected chi connectivity index (χ3v) is 6.54. The molecule has 116 valence electrons. The Morgan fingerprint density at radius 3 is 2.59 bits per heavy atom. The van der Waals surface area contributed by atoms with Gasteiger partial charge < -0.3 is 5.32 Å². The van der Waals surface area contributed by atoms with Crippen molar-refractivity contribution in [2.45, 2.75) is 39.2 Å². The Labute approximate surface area is 134 Å². The SMILES string of the molecule is CC1(C)C2C=CC=CC2C2CCC(Nc3ccccc3)CC21. The molecule has 0 saturated heterocycles. The fourth-order valence-corrected chi connectivity index (χ4v) is 5.44. The largest absolute Gasteiger partial charge is 0.382 e. The van der Waals surface area contributed by atoms with Gasteiger partial charge in [0, 0.05) is 11.7 Å². The lowest BCUT2D eigenvalue weighted by Gasteiger charge is -2.40. The summed E-state index contributed by atoms with van der Waals surface area (Å²) in [6.45, 7) is 5.01. The molecule has 0 spiro atoms. The second kappa shape index (κ2) is 5.30. The molecule has 5 atom stereocenters. The lowest BCUT2D eigenvalue weighted by molar-refractivity contribution is 0.140. The molecule has 1 aromatic carbocycles. The summed E-state index contributed by atoms with van der Waals surface area (Å²) in [5.41, 5.74) is 1.70. The minimum atomic E-state index is 0.424. The highest BCUT2D eigenvalue weighted by Crippen LogP contribution is 2.60. The average molecular weight is 293 g/mol. The van der Waals surface area contributed by atoms with Gasteiger partial charge in [0.1, 0.15) is 0 Å². The Hall–Kier alpha value is -1.50. The number of hydrogen-bond acceptors (Lipinski definition) is 1. The van der Waals surface area contributed by atoms with Crippen LogP contribution >= 0.6 is 0 Å². The van der Waals surface area contributed by atoms with Gasteiger partial charge in [-0.05, 0) is 60.5 Å². The number of benzene rings is 1. The topological polar surface area (TPSA) is 12.0 Å². The zero-order valence-corrected chi connectivity index (χ0v) is 13.7. The quantitative estimate of drug-likeness (QED) is 0.782. The summed E-state index contributed by atoms with van der Waals surface area (Å²) in [6, 6.07) is 11.4. The van der Waals surface area contributed by atoms with Crippen molar-refractivity contribution in [1.29, 1.82) is 0 Å². The molecule has 1 aromatic rings. The molecule has 1 N–H and O–H groups in total. The van der Waals surface area contributed by atoms with Crippen LogP contribution in [0.2, 0.25) is 0 Å². The molecule has 0 bridgehead atoms. The number of nitrogens with one attached hydrogen (secondary N) is 1. The van der Waals surface area contributed by atoms with Crippen LogP contribution < -0.4 is 5.32 Å². The third kappa shape index (κ3) is 2.22. The summed E-state index contributed by atoms with van der Waals surface area (Å²) in [5, 5.41) is 3.78. The molecular weight excluding hydrogens is 266 g/mol. The van der Waals surface area contributed by atoms with E-state index in [0.29, 0.717) is 11.5 Å². The van der Waals surface area contributed by atoms with Gasteiger partial charge >= 0.3 is 0 Å². The molecule has 0 aliphatic heterocycles. The van der Waals surface area contributed by atoms with Crippen molar-refractivity contribution in [3.05, 3.63) is 54.6 Å². The van der Waals surface area contributed by atoms with Crippen molar-refractivity contribution in [2.24, 2.45) is 29.1 Å². The Bertz CT molecular complexity index is 583. The summed E-state index contributed by atoms with van der Waals surface area (Å²) < 4.78 is 0. The van der Waals surface area contributed by atoms with Gasteiger partial charge in [-0.2, -0.15) is 0 Å². The first kappa shape index (κ1) is 14.1. The molecule has 0 aromatic heterocycles. The molecule has 0 heterocycles. The number of anilines is 1. The Kier molecular flexibility index (Phi) is 3.40. The highest BCUT2D eigenvalue weighted by atomic mass is 14.9. The van der Waals surface area contributed by atoms with E-state index in [2.05, 4.69) is 73.8 Å². The molecule has 0 amide bonds. The van der Waals surface area contributed by atoms with Gasteiger partial charge in [-0.1, -0.05) is 56.4 Å². The first-order valence-corrected chi connectivity index (χ1v) is 8.83. The van der Waals surface area contributed by atoms with E-state index >= 15 is 0 Å².